The number of aryl methyl sites for hydroxylation is 1. The van der Waals surface area contributed by atoms with Gasteiger partial charge < -0.3 is 5.32 Å². The molecule has 2 aromatic rings. The number of nitrogens with zero attached hydrogens (tertiary/aromatic N) is 3. The SMILES string of the molecule is Cn1cc(C(=O)Nc2ccncc2Br)cn1. The van der Waals surface area contributed by atoms with E-state index in [1.54, 1.807) is 36.4 Å². The van der Waals surface area contributed by atoms with Crippen LogP contribution in [0.4, 0.5) is 5.69 Å². The first-order valence-electron chi connectivity index (χ1n) is 4.56. The summed E-state index contributed by atoms with van der Waals surface area (Å²) in [5.41, 5.74) is 1.20. The van der Waals surface area contributed by atoms with Crippen LogP contribution in [-0.2, 0) is 7.05 Å². The fraction of sp³-hybridized carbons (Fsp3) is 0.100. The van der Waals surface area contributed by atoms with Crippen LogP contribution >= 0.6 is 15.9 Å². The van der Waals surface area contributed by atoms with Crippen LogP contribution in [0.1, 0.15) is 10.4 Å². The Morgan fingerprint density at radius 3 is 2.94 bits per heavy atom. The average Bonchev–Trinajstić information content (AvgIpc) is 2.68. The summed E-state index contributed by atoms with van der Waals surface area (Å²) in [6, 6.07) is 1.72. The number of carbonyl (C=O) groups excluding carboxylic acids is 1. The monoisotopic (exact) mass is 280 g/mol. The van der Waals surface area contributed by atoms with Gasteiger partial charge in [-0.1, -0.05) is 0 Å². The van der Waals surface area contributed by atoms with Gasteiger partial charge in [0.25, 0.3) is 5.91 Å². The van der Waals surface area contributed by atoms with Gasteiger partial charge in [0.2, 0.25) is 0 Å². The maximum atomic E-state index is 11.8. The molecule has 0 atom stereocenters. The number of hydrogen-bond donors (Lipinski definition) is 1. The molecule has 2 heterocycles. The van der Waals surface area contributed by atoms with E-state index in [0.717, 1.165) is 4.47 Å². The zero-order valence-corrected chi connectivity index (χ0v) is 10.1. The van der Waals surface area contributed by atoms with E-state index in [2.05, 4.69) is 31.3 Å². The Kier molecular flexibility index (Phi) is 3.00. The van der Waals surface area contributed by atoms with Crippen LogP contribution in [0.2, 0.25) is 0 Å². The molecule has 2 rings (SSSR count). The van der Waals surface area contributed by atoms with Crippen LogP contribution in [0.25, 0.3) is 0 Å². The molecule has 2 aromatic heterocycles. The first kappa shape index (κ1) is 10.8. The molecular weight excluding hydrogens is 272 g/mol. The maximum absolute atomic E-state index is 11.8. The van der Waals surface area contributed by atoms with E-state index in [0.29, 0.717) is 11.3 Å². The lowest BCUT2D eigenvalue weighted by Crippen LogP contribution is -2.11. The van der Waals surface area contributed by atoms with Crippen molar-refractivity contribution < 1.29 is 4.79 Å². The zero-order chi connectivity index (χ0) is 11.5. The van der Waals surface area contributed by atoms with Crippen molar-refractivity contribution in [3.63, 3.8) is 0 Å². The highest BCUT2D eigenvalue weighted by atomic mass is 79.9. The lowest BCUT2D eigenvalue weighted by molar-refractivity contribution is 0.102. The number of halogens is 1. The van der Waals surface area contributed by atoms with E-state index in [-0.39, 0.29) is 5.91 Å². The van der Waals surface area contributed by atoms with Gasteiger partial charge in [-0.05, 0) is 22.0 Å². The molecule has 82 valence electrons. The van der Waals surface area contributed by atoms with Crippen LogP contribution in [0, 0.1) is 0 Å². The van der Waals surface area contributed by atoms with Crippen LogP contribution in [0.15, 0.2) is 35.3 Å². The molecule has 0 fully saturated rings. The topological polar surface area (TPSA) is 59.8 Å². The summed E-state index contributed by atoms with van der Waals surface area (Å²) in [5, 5.41) is 6.69. The highest BCUT2D eigenvalue weighted by molar-refractivity contribution is 9.10. The Morgan fingerprint density at radius 1 is 1.50 bits per heavy atom. The third-order valence-electron chi connectivity index (χ3n) is 1.99. The minimum Gasteiger partial charge on any atom is -0.321 e. The van der Waals surface area contributed by atoms with Crippen molar-refractivity contribution >= 4 is 27.5 Å². The zero-order valence-electron chi connectivity index (χ0n) is 8.51. The molecule has 0 saturated carbocycles. The van der Waals surface area contributed by atoms with Gasteiger partial charge in [0.15, 0.2) is 0 Å². The second-order valence-electron chi connectivity index (χ2n) is 3.21. The van der Waals surface area contributed by atoms with Crippen molar-refractivity contribution in [1.82, 2.24) is 14.8 Å². The standard InChI is InChI=1S/C10H9BrN4O/c1-15-6-7(4-13-15)10(16)14-9-2-3-12-5-8(9)11/h2-6H,1H3,(H,12,14,16). The lowest BCUT2D eigenvalue weighted by atomic mass is 10.3. The molecule has 5 nitrogen and oxygen atoms in total. The number of aromatic nitrogens is 3. The number of amides is 1. The number of anilines is 1. The largest absolute Gasteiger partial charge is 0.321 e. The number of carbonyl (C=O) groups is 1. The summed E-state index contributed by atoms with van der Waals surface area (Å²) < 4.78 is 2.32. The van der Waals surface area contributed by atoms with E-state index in [1.807, 2.05) is 0 Å². The van der Waals surface area contributed by atoms with Gasteiger partial charge in [0.05, 0.1) is 21.9 Å². The minimum atomic E-state index is -0.194. The van der Waals surface area contributed by atoms with E-state index in [4.69, 9.17) is 0 Å². The minimum absolute atomic E-state index is 0.194. The Balaban J connectivity index is 2.17. The molecule has 0 aromatic carbocycles. The molecule has 6 heteroatoms. The lowest BCUT2D eigenvalue weighted by Gasteiger charge is -2.04. The average molecular weight is 281 g/mol. The van der Waals surface area contributed by atoms with E-state index < -0.39 is 0 Å². The van der Waals surface area contributed by atoms with E-state index in [9.17, 15) is 4.79 Å². The highest BCUT2D eigenvalue weighted by Gasteiger charge is 2.09. The van der Waals surface area contributed by atoms with Crippen molar-refractivity contribution in [2.75, 3.05) is 5.32 Å². The number of hydrogen-bond acceptors (Lipinski definition) is 3. The summed E-state index contributed by atoms with van der Waals surface area (Å²) in [7, 11) is 1.76. The smallest absolute Gasteiger partial charge is 0.258 e. The Bertz CT molecular complexity index is 523. The summed E-state index contributed by atoms with van der Waals surface area (Å²) >= 11 is 3.30. The van der Waals surface area contributed by atoms with Crippen molar-refractivity contribution in [3.05, 3.63) is 40.9 Å². The van der Waals surface area contributed by atoms with E-state index in [1.165, 1.54) is 6.20 Å². The summed E-state index contributed by atoms with van der Waals surface area (Å²) in [6.07, 6.45) is 6.41. The van der Waals surface area contributed by atoms with Gasteiger partial charge in [0.1, 0.15) is 0 Å². The van der Waals surface area contributed by atoms with Gasteiger partial charge in [-0.2, -0.15) is 5.10 Å². The number of rotatable bonds is 2. The number of pyridine rings is 1. The molecule has 0 aliphatic carbocycles. The molecule has 16 heavy (non-hydrogen) atoms. The first-order valence-corrected chi connectivity index (χ1v) is 5.35. The highest BCUT2D eigenvalue weighted by Crippen LogP contribution is 2.20. The molecule has 0 aliphatic rings. The Labute approximate surface area is 101 Å². The van der Waals surface area contributed by atoms with Gasteiger partial charge in [-0.3, -0.25) is 14.5 Å². The quantitative estimate of drug-likeness (QED) is 0.913. The number of nitrogens with one attached hydrogen (secondary N) is 1. The van der Waals surface area contributed by atoms with Crippen LogP contribution in [0.3, 0.4) is 0 Å². The van der Waals surface area contributed by atoms with Crippen molar-refractivity contribution in [2.45, 2.75) is 0 Å². The van der Waals surface area contributed by atoms with Gasteiger partial charge in [-0.15, -0.1) is 0 Å². The summed E-state index contributed by atoms with van der Waals surface area (Å²) in [4.78, 5) is 15.7. The summed E-state index contributed by atoms with van der Waals surface area (Å²) in [5.74, 6) is -0.194. The van der Waals surface area contributed by atoms with Crippen LogP contribution < -0.4 is 5.32 Å². The Morgan fingerprint density at radius 2 is 2.31 bits per heavy atom. The second kappa shape index (κ2) is 4.44. The molecule has 0 saturated heterocycles. The first-order chi connectivity index (χ1) is 7.66. The third kappa shape index (κ3) is 2.27. The normalized spacial score (nSPS) is 10.1. The van der Waals surface area contributed by atoms with Gasteiger partial charge in [0, 0.05) is 25.6 Å². The predicted molar refractivity (Wildman–Crippen MR) is 63.1 cm³/mol. The molecule has 0 aliphatic heterocycles. The van der Waals surface area contributed by atoms with Gasteiger partial charge >= 0.3 is 0 Å². The molecule has 0 bridgehead atoms. The van der Waals surface area contributed by atoms with E-state index >= 15 is 0 Å². The summed E-state index contributed by atoms with van der Waals surface area (Å²) in [6.45, 7) is 0. The predicted octanol–water partition coefficient (Wildman–Crippen LogP) is 1.83. The molecular formula is C10H9BrN4O. The van der Waals surface area contributed by atoms with Crippen molar-refractivity contribution in [2.24, 2.45) is 7.05 Å². The Hall–Kier alpha value is -1.69. The van der Waals surface area contributed by atoms with Crippen LogP contribution in [-0.4, -0.2) is 20.7 Å². The van der Waals surface area contributed by atoms with Crippen molar-refractivity contribution in [1.29, 1.82) is 0 Å². The second-order valence-corrected chi connectivity index (χ2v) is 4.07. The maximum Gasteiger partial charge on any atom is 0.258 e. The fourth-order valence-corrected chi connectivity index (χ4v) is 1.56. The fourth-order valence-electron chi connectivity index (χ4n) is 1.21. The molecule has 1 amide bonds. The van der Waals surface area contributed by atoms with Crippen molar-refractivity contribution in [3.8, 4) is 0 Å². The molecule has 1 N–H and O–H groups in total. The van der Waals surface area contributed by atoms with Gasteiger partial charge in [-0.25, -0.2) is 0 Å². The third-order valence-corrected chi connectivity index (χ3v) is 2.62. The van der Waals surface area contributed by atoms with Crippen LogP contribution in [0.5, 0.6) is 0 Å². The molecule has 0 unspecified atom stereocenters. The molecule has 0 spiro atoms. The molecule has 0 radical (unpaired) electrons.